The maximum atomic E-state index is 14.0. The molecule has 0 aliphatic rings. The van der Waals surface area contributed by atoms with Crippen LogP contribution in [0.5, 0.6) is 11.5 Å². The Morgan fingerprint density at radius 3 is 2.31 bits per heavy atom. The summed E-state index contributed by atoms with van der Waals surface area (Å²) < 4.78 is 41.5. The van der Waals surface area contributed by atoms with Crippen LogP contribution in [-0.4, -0.2) is 48.8 Å². The Morgan fingerprint density at radius 2 is 1.63 bits per heavy atom. The van der Waals surface area contributed by atoms with Crippen molar-refractivity contribution in [3.05, 3.63) is 163 Å². The summed E-state index contributed by atoms with van der Waals surface area (Å²) in [6.07, 6.45) is -0.530. The van der Waals surface area contributed by atoms with Crippen LogP contribution in [0.2, 0.25) is 10.0 Å². The van der Waals surface area contributed by atoms with Gasteiger partial charge in [0.1, 0.15) is 29.2 Å². The molecule has 17 heteroatoms. The number of halogens is 2. The average Bonchev–Trinajstić information content (AvgIpc) is 3.49. The van der Waals surface area contributed by atoms with E-state index >= 15 is 0 Å². The number of rotatable bonds is 14. The Balaban J connectivity index is 1.29. The predicted octanol–water partition coefficient (Wildman–Crippen LogP) is 7.09. The molecule has 0 spiro atoms. The highest BCUT2D eigenvalue weighted by atomic mass is 35.5. The van der Waals surface area contributed by atoms with Crippen LogP contribution in [0, 0.1) is 28.4 Å². The summed E-state index contributed by atoms with van der Waals surface area (Å²) in [7, 11) is -3.23. The standard InChI is InChI=1S/C42H33Cl2N5O9S/c1-25-34(35-20-32(57-2)14-17-38(35)48(25)42(52)29-8-10-30(43)11-9-29)22-40(50)46-37(41(51)47-59(55,56)33-15-16-36(44)39(21-33)49(53)54)19-26-6-12-31(13-7-26)58-24-28-5-3-4-27(18-28)23-45/h3-18,20-21,37H,19,22,24H2,1-2H3,(H,46,50)(H,47,51)/t37-/m0/s1. The number of methoxy groups -OCH3 is 1. The number of amides is 2. The molecule has 0 fully saturated rings. The number of ether oxygens (including phenoxy) is 2. The number of aromatic nitrogens is 1. The zero-order chi connectivity index (χ0) is 42.4. The van der Waals surface area contributed by atoms with E-state index in [1.165, 1.54) is 11.7 Å². The Kier molecular flexibility index (Phi) is 12.7. The third-order valence-electron chi connectivity index (χ3n) is 9.31. The first-order chi connectivity index (χ1) is 28.2. The van der Waals surface area contributed by atoms with E-state index in [1.807, 2.05) is 10.8 Å². The molecule has 1 atom stereocenters. The third-order valence-corrected chi connectivity index (χ3v) is 11.2. The highest BCUT2D eigenvalue weighted by molar-refractivity contribution is 7.90. The van der Waals surface area contributed by atoms with Crippen molar-refractivity contribution in [2.45, 2.75) is 37.3 Å². The number of sulfonamides is 1. The quantitative estimate of drug-likeness (QED) is 0.0842. The number of carbonyl (C=O) groups excluding carboxylic acids is 3. The van der Waals surface area contributed by atoms with E-state index < -0.39 is 43.4 Å². The van der Waals surface area contributed by atoms with Crippen molar-refractivity contribution in [1.82, 2.24) is 14.6 Å². The van der Waals surface area contributed by atoms with Crippen molar-refractivity contribution < 1.29 is 37.2 Å². The monoisotopic (exact) mass is 853 g/mol. The van der Waals surface area contributed by atoms with Crippen LogP contribution in [0.1, 0.15) is 38.3 Å². The molecule has 6 aromatic rings. The van der Waals surface area contributed by atoms with Gasteiger partial charge in [0, 0.05) is 34.2 Å². The Bertz CT molecular complexity index is 2770. The Hall–Kier alpha value is -6.73. The molecule has 0 bridgehead atoms. The molecule has 2 N–H and O–H groups in total. The molecule has 5 aromatic carbocycles. The topological polar surface area (TPSA) is 200 Å². The Labute approximate surface area is 348 Å². The fraction of sp³-hybridized carbons (Fsp3) is 0.143. The van der Waals surface area contributed by atoms with Gasteiger partial charge in [-0.25, -0.2) is 13.1 Å². The van der Waals surface area contributed by atoms with Crippen molar-refractivity contribution in [2.75, 3.05) is 7.11 Å². The van der Waals surface area contributed by atoms with Gasteiger partial charge >= 0.3 is 0 Å². The molecule has 1 aromatic heterocycles. The molecule has 2 amide bonds. The molecule has 0 radical (unpaired) electrons. The fourth-order valence-electron chi connectivity index (χ4n) is 6.33. The van der Waals surface area contributed by atoms with Gasteiger partial charge in [-0.3, -0.25) is 29.1 Å². The molecule has 0 unspecified atom stereocenters. The lowest BCUT2D eigenvalue weighted by molar-refractivity contribution is -0.384. The number of hydrogen-bond acceptors (Lipinski definition) is 10. The first-order valence-corrected chi connectivity index (χ1v) is 19.9. The van der Waals surface area contributed by atoms with Gasteiger partial charge in [-0.05, 0) is 102 Å². The van der Waals surface area contributed by atoms with E-state index in [9.17, 15) is 38.2 Å². The first-order valence-electron chi connectivity index (χ1n) is 17.7. The van der Waals surface area contributed by atoms with E-state index in [-0.39, 0.29) is 30.4 Å². The van der Waals surface area contributed by atoms with Crippen molar-refractivity contribution in [1.29, 1.82) is 5.26 Å². The number of benzene rings is 5. The van der Waals surface area contributed by atoms with Gasteiger partial charge in [0.15, 0.2) is 0 Å². The molecule has 0 saturated carbocycles. The SMILES string of the molecule is COc1ccc2c(c1)c(CC(=O)N[C@@H](Cc1ccc(OCc3cccc(C#N)c3)cc1)C(=O)NS(=O)(=O)c1ccc(Cl)c([N+](=O)[O-])c1)c(C)n2C(=O)c1ccc(Cl)cc1. The van der Waals surface area contributed by atoms with Crippen LogP contribution in [0.4, 0.5) is 5.69 Å². The van der Waals surface area contributed by atoms with E-state index in [0.717, 1.165) is 23.8 Å². The van der Waals surface area contributed by atoms with Crippen LogP contribution >= 0.6 is 23.2 Å². The lowest BCUT2D eigenvalue weighted by atomic mass is 10.0. The van der Waals surface area contributed by atoms with Gasteiger partial charge < -0.3 is 14.8 Å². The zero-order valence-electron chi connectivity index (χ0n) is 31.3. The lowest BCUT2D eigenvalue weighted by Crippen LogP contribution is -2.50. The molecular formula is C42H33Cl2N5O9S. The van der Waals surface area contributed by atoms with E-state index in [0.29, 0.717) is 55.4 Å². The molecule has 14 nitrogen and oxygen atoms in total. The van der Waals surface area contributed by atoms with Crippen LogP contribution in [0.3, 0.4) is 0 Å². The largest absolute Gasteiger partial charge is 0.497 e. The van der Waals surface area contributed by atoms with Gasteiger partial charge in [-0.1, -0.05) is 47.5 Å². The van der Waals surface area contributed by atoms with Crippen LogP contribution in [0.25, 0.3) is 10.9 Å². The number of nitrogens with one attached hydrogen (secondary N) is 2. The van der Waals surface area contributed by atoms with Gasteiger partial charge in [0.05, 0.1) is 40.5 Å². The summed E-state index contributed by atoms with van der Waals surface area (Å²) in [4.78, 5) is 51.6. The molecule has 0 saturated heterocycles. The second-order valence-electron chi connectivity index (χ2n) is 13.2. The summed E-state index contributed by atoms with van der Waals surface area (Å²) >= 11 is 11.9. The minimum Gasteiger partial charge on any atom is -0.497 e. The normalized spacial score (nSPS) is 11.6. The average molecular weight is 855 g/mol. The number of fused-ring (bicyclic) bond motifs is 1. The van der Waals surface area contributed by atoms with Crippen LogP contribution in [0.15, 0.2) is 114 Å². The van der Waals surface area contributed by atoms with Gasteiger partial charge in [-0.2, -0.15) is 5.26 Å². The summed E-state index contributed by atoms with van der Waals surface area (Å²) in [6.45, 7) is 1.85. The number of nitrogens with zero attached hydrogens (tertiary/aromatic N) is 3. The molecule has 300 valence electrons. The molecule has 1 heterocycles. The highest BCUT2D eigenvalue weighted by Crippen LogP contribution is 2.31. The predicted molar refractivity (Wildman–Crippen MR) is 219 cm³/mol. The summed E-state index contributed by atoms with van der Waals surface area (Å²) in [6, 6.07) is 28.2. The Morgan fingerprint density at radius 1 is 0.915 bits per heavy atom. The van der Waals surface area contributed by atoms with E-state index in [1.54, 1.807) is 91.9 Å². The van der Waals surface area contributed by atoms with E-state index in [4.69, 9.17) is 32.7 Å². The van der Waals surface area contributed by atoms with Crippen molar-refractivity contribution in [3.8, 4) is 17.6 Å². The number of nitro benzene ring substituents is 1. The van der Waals surface area contributed by atoms with Gasteiger partial charge in [0.2, 0.25) is 5.91 Å². The molecule has 6 rings (SSSR count). The van der Waals surface area contributed by atoms with Crippen LogP contribution < -0.4 is 19.5 Å². The van der Waals surface area contributed by atoms with Gasteiger partial charge in [0.25, 0.3) is 27.5 Å². The zero-order valence-corrected chi connectivity index (χ0v) is 33.6. The highest BCUT2D eigenvalue weighted by Gasteiger charge is 2.29. The van der Waals surface area contributed by atoms with E-state index in [2.05, 4.69) is 11.4 Å². The molecular weight excluding hydrogens is 821 g/mol. The molecule has 0 aliphatic carbocycles. The number of carbonyl (C=O) groups is 3. The third kappa shape index (κ3) is 9.70. The summed E-state index contributed by atoms with van der Waals surface area (Å²) in [5, 5.41) is 24.0. The first kappa shape index (κ1) is 41.9. The van der Waals surface area contributed by atoms with Crippen LogP contribution in [-0.2, 0) is 39.1 Å². The lowest BCUT2D eigenvalue weighted by Gasteiger charge is -2.19. The second-order valence-corrected chi connectivity index (χ2v) is 15.7. The number of nitriles is 1. The maximum absolute atomic E-state index is 14.0. The van der Waals surface area contributed by atoms with Gasteiger partial charge in [-0.15, -0.1) is 0 Å². The van der Waals surface area contributed by atoms with Crippen molar-refractivity contribution in [2.24, 2.45) is 0 Å². The second kappa shape index (κ2) is 17.8. The molecule has 59 heavy (non-hydrogen) atoms. The number of hydrogen-bond donors (Lipinski definition) is 2. The van der Waals surface area contributed by atoms with Crippen molar-refractivity contribution >= 4 is 67.5 Å². The van der Waals surface area contributed by atoms with Crippen molar-refractivity contribution in [3.63, 3.8) is 0 Å². The molecule has 0 aliphatic heterocycles. The smallest absolute Gasteiger partial charge is 0.289 e. The minimum atomic E-state index is -4.71. The maximum Gasteiger partial charge on any atom is 0.289 e. The summed E-state index contributed by atoms with van der Waals surface area (Å²) in [5.74, 6) is -1.28. The number of nitro groups is 1. The fourth-order valence-corrected chi connectivity index (χ4v) is 7.68. The minimum absolute atomic E-state index is 0.170. The summed E-state index contributed by atoms with van der Waals surface area (Å²) in [5.41, 5.74) is 2.79.